The Bertz CT molecular complexity index is 123. The topological polar surface area (TPSA) is 27.7 Å². The summed E-state index contributed by atoms with van der Waals surface area (Å²) in [6.45, 7) is 2.21. The van der Waals surface area contributed by atoms with Crippen molar-refractivity contribution >= 4 is 20.6 Å². The lowest BCUT2D eigenvalue weighted by atomic mass is 10.4. The standard InChI is InChI=1S/C9H22O3SSi/c1-5-6-7-13-8-9-14(10-2,11-3)12-4/h5-9H2,1-4H3. The molecule has 14 heavy (non-hydrogen) atoms. The van der Waals surface area contributed by atoms with E-state index in [9.17, 15) is 0 Å². The zero-order valence-corrected chi connectivity index (χ0v) is 11.5. The van der Waals surface area contributed by atoms with E-state index in [-0.39, 0.29) is 0 Å². The van der Waals surface area contributed by atoms with Gasteiger partial charge in [0.05, 0.1) is 0 Å². The minimum absolute atomic E-state index is 0.894. The summed E-state index contributed by atoms with van der Waals surface area (Å²) in [4.78, 5) is 0. The van der Waals surface area contributed by atoms with Crippen LogP contribution in [0.3, 0.4) is 0 Å². The van der Waals surface area contributed by atoms with Crippen LogP contribution in [-0.2, 0) is 13.3 Å². The summed E-state index contributed by atoms with van der Waals surface area (Å²) in [6.07, 6.45) is 2.54. The van der Waals surface area contributed by atoms with E-state index in [0.717, 1.165) is 11.8 Å². The predicted molar refractivity (Wildman–Crippen MR) is 63.8 cm³/mol. The molecule has 0 saturated heterocycles. The third kappa shape index (κ3) is 5.36. The average Bonchev–Trinajstić information content (AvgIpc) is 2.24. The molecule has 0 aliphatic heterocycles. The van der Waals surface area contributed by atoms with Crippen LogP contribution >= 0.6 is 11.8 Å². The van der Waals surface area contributed by atoms with Crippen molar-refractivity contribution in [1.82, 2.24) is 0 Å². The smallest absolute Gasteiger partial charge is 0.377 e. The molecule has 0 bridgehead atoms. The highest BCUT2D eigenvalue weighted by molar-refractivity contribution is 7.99. The summed E-state index contributed by atoms with van der Waals surface area (Å²) in [5.41, 5.74) is 0. The highest BCUT2D eigenvalue weighted by Crippen LogP contribution is 2.17. The van der Waals surface area contributed by atoms with Crippen molar-refractivity contribution < 1.29 is 13.3 Å². The highest BCUT2D eigenvalue weighted by Gasteiger charge is 2.36. The molecule has 0 aromatic carbocycles. The molecule has 0 saturated carbocycles. The molecule has 0 N–H and O–H groups in total. The first-order valence-corrected chi connectivity index (χ1v) is 8.06. The van der Waals surface area contributed by atoms with Gasteiger partial charge in [-0.1, -0.05) is 13.3 Å². The van der Waals surface area contributed by atoms with Crippen LogP contribution in [0.1, 0.15) is 19.8 Å². The summed E-state index contributed by atoms with van der Waals surface area (Å²) in [5.74, 6) is 2.28. The van der Waals surface area contributed by atoms with E-state index in [1.165, 1.54) is 18.6 Å². The van der Waals surface area contributed by atoms with Crippen LogP contribution in [0.4, 0.5) is 0 Å². The lowest BCUT2D eigenvalue weighted by Crippen LogP contribution is -2.43. The van der Waals surface area contributed by atoms with Gasteiger partial charge in [-0.15, -0.1) is 0 Å². The highest BCUT2D eigenvalue weighted by atomic mass is 32.2. The summed E-state index contributed by atoms with van der Waals surface area (Å²) >= 11 is 1.95. The first-order valence-electron chi connectivity index (χ1n) is 4.98. The zero-order valence-electron chi connectivity index (χ0n) is 9.67. The average molecular weight is 238 g/mol. The third-order valence-electron chi connectivity index (χ3n) is 2.13. The van der Waals surface area contributed by atoms with Gasteiger partial charge in [-0.05, 0) is 17.9 Å². The molecule has 0 rings (SSSR count). The summed E-state index contributed by atoms with van der Waals surface area (Å²) < 4.78 is 16.0. The molecule has 0 aromatic rings. The van der Waals surface area contributed by atoms with E-state index in [4.69, 9.17) is 13.3 Å². The Kier molecular flexibility index (Phi) is 9.01. The number of hydrogen-bond acceptors (Lipinski definition) is 4. The van der Waals surface area contributed by atoms with Crippen molar-refractivity contribution in [2.45, 2.75) is 25.8 Å². The van der Waals surface area contributed by atoms with Crippen molar-refractivity contribution in [3.63, 3.8) is 0 Å². The molecule has 0 heterocycles. The van der Waals surface area contributed by atoms with Crippen LogP contribution < -0.4 is 0 Å². The van der Waals surface area contributed by atoms with Gasteiger partial charge in [0.1, 0.15) is 0 Å². The monoisotopic (exact) mass is 238 g/mol. The van der Waals surface area contributed by atoms with Crippen LogP contribution in [0.5, 0.6) is 0 Å². The van der Waals surface area contributed by atoms with Gasteiger partial charge in [0.15, 0.2) is 0 Å². The first-order chi connectivity index (χ1) is 6.74. The second-order valence-electron chi connectivity index (χ2n) is 3.01. The largest absolute Gasteiger partial charge is 0.500 e. The number of unbranched alkanes of at least 4 members (excludes halogenated alkanes) is 1. The molecule has 5 heteroatoms. The zero-order chi connectivity index (χ0) is 10.9. The Balaban J connectivity index is 3.61. The van der Waals surface area contributed by atoms with Crippen LogP contribution in [0.15, 0.2) is 0 Å². The Morgan fingerprint density at radius 3 is 2.00 bits per heavy atom. The van der Waals surface area contributed by atoms with Gasteiger partial charge in [0.2, 0.25) is 0 Å². The molecule has 0 atom stereocenters. The predicted octanol–water partition coefficient (Wildman–Crippen LogP) is 2.40. The van der Waals surface area contributed by atoms with Gasteiger partial charge in [0, 0.05) is 27.4 Å². The maximum Gasteiger partial charge on any atom is 0.500 e. The second kappa shape index (κ2) is 8.73. The van der Waals surface area contributed by atoms with Gasteiger partial charge in [-0.2, -0.15) is 11.8 Å². The van der Waals surface area contributed by atoms with Gasteiger partial charge in [-0.3, -0.25) is 0 Å². The molecule has 0 spiro atoms. The SMILES string of the molecule is CCCCSCC[Si](OC)(OC)OC. The van der Waals surface area contributed by atoms with Crippen LogP contribution in [0.2, 0.25) is 6.04 Å². The number of hydrogen-bond donors (Lipinski definition) is 0. The molecule has 0 aliphatic carbocycles. The Labute approximate surface area is 92.9 Å². The molecular formula is C9H22O3SSi. The molecule has 86 valence electrons. The van der Waals surface area contributed by atoms with Crippen molar-refractivity contribution in [2.75, 3.05) is 32.8 Å². The molecule has 0 radical (unpaired) electrons. The number of rotatable bonds is 9. The number of thioether (sulfide) groups is 1. The van der Waals surface area contributed by atoms with E-state index in [1.54, 1.807) is 21.3 Å². The fourth-order valence-electron chi connectivity index (χ4n) is 1.10. The van der Waals surface area contributed by atoms with Crippen LogP contribution in [0.25, 0.3) is 0 Å². The van der Waals surface area contributed by atoms with E-state index >= 15 is 0 Å². The minimum atomic E-state index is -2.30. The lowest BCUT2D eigenvalue weighted by Gasteiger charge is -2.23. The van der Waals surface area contributed by atoms with E-state index in [2.05, 4.69) is 6.92 Å². The fraction of sp³-hybridized carbons (Fsp3) is 1.00. The molecule has 0 fully saturated rings. The van der Waals surface area contributed by atoms with Crippen LogP contribution in [-0.4, -0.2) is 41.6 Å². The Morgan fingerprint density at radius 1 is 1.00 bits per heavy atom. The van der Waals surface area contributed by atoms with Gasteiger partial charge < -0.3 is 13.3 Å². The second-order valence-corrected chi connectivity index (χ2v) is 7.33. The molecule has 3 nitrogen and oxygen atoms in total. The Morgan fingerprint density at radius 2 is 1.57 bits per heavy atom. The maximum absolute atomic E-state index is 5.32. The van der Waals surface area contributed by atoms with Crippen molar-refractivity contribution in [3.05, 3.63) is 0 Å². The third-order valence-corrected chi connectivity index (χ3v) is 6.29. The Hall–Kier alpha value is 0.447. The van der Waals surface area contributed by atoms with E-state index in [1.807, 2.05) is 11.8 Å². The summed E-state index contributed by atoms with van der Waals surface area (Å²) in [5, 5.41) is 0. The first kappa shape index (κ1) is 14.4. The minimum Gasteiger partial charge on any atom is -0.377 e. The van der Waals surface area contributed by atoms with E-state index in [0.29, 0.717) is 0 Å². The summed E-state index contributed by atoms with van der Waals surface area (Å²) in [7, 11) is 2.69. The van der Waals surface area contributed by atoms with Gasteiger partial charge in [0.25, 0.3) is 0 Å². The maximum atomic E-state index is 5.32. The lowest BCUT2D eigenvalue weighted by molar-refractivity contribution is 0.125. The van der Waals surface area contributed by atoms with Crippen molar-refractivity contribution in [2.24, 2.45) is 0 Å². The summed E-state index contributed by atoms with van der Waals surface area (Å²) in [6, 6.07) is 0.894. The molecule has 0 aliphatic rings. The quantitative estimate of drug-likeness (QED) is 0.455. The molecule has 0 aromatic heterocycles. The van der Waals surface area contributed by atoms with Crippen LogP contribution in [0, 0.1) is 0 Å². The molecule has 0 unspecified atom stereocenters. The van der Waals surface area contributed by atoms with Crippen molar-refractivity contribution in [1.29, 1.82) is 0 Å². The fourth-order valence-corrected chi connectivity index (χ4v) is 4.49. The molecule has 0 amide bonds. The van der Waals surface area contributed by atoms with E-state index < -0.39 is 8.80 Å². The normalized spacial score (nSPS) is 12.0. The molecular weight excluding hydrogens is 216 g/mol. The van der Waals surface area contributed by atoms with Gasteiger partial charge >= 0.3 is 8.80 Å². The van der Waals surface area contributed by atoms with Gasteiger partial charge in [-0.25, -0.2) is 0 Å². The van der Waals surface area contributed by atoms with Crippen molar-refractivity contribution in [3.8, 4) is 0 Å².